The molecule has 0 fully saturated rings. The van der Waals surface area contributed by atoms with Crippen molar-refractivity contribution in [2.75, 3.05) is 13.7 Å². The fraction of sp³-hybridized carbons (Fsp3) is 0.467. The molecule has 0 aliphatic rings. The van der Waals surface area contributed by atoms with Crippen LogP contribution in [0.2, 0.25) is 5.02 Å². The first-order chi connectivity index (χ1) is 9.67. The molecular weight excluding hydrogens is 294 g/mol. The van der Waals surface area contributed by atoms with E-state index < -0.39 is 0 Å². The van der Waals surface area contributed by atoms with Gasteiger partial charge in [-0.2, -0.15) is 0 Å². The summed E-state index contributed by atoms with van der Waals surface area (Å²) in [6, 6.07) is 3.95. The molecule has 2 aromatic heterocycles. The third kappa shape index (κ3) is 3.44. The second kappa shape index (κ2) is 7.27. The van der Waals surface area contributed by atoms with Crippen LogP contribution in [0.25, 0.3) is 0 Å². The molecule has 5 heteroatoms. The van der Waals surface area contributed by atoms with Gasteiger partial charge in [0.25, 0.3) is 0 Å². The van der Waals surface area contributed by atoms with E-state index in [1.165, 1.54) is 0 Å². The highest BCUT2D eigenvalue weighted by Crippen LogP contribution is 2.36. The fourth-order valence-electron chi connectivity index (χ4n) is 2.03. The van der Waals surface area contributed by atoms with Gasteiger partial charge in [-0.1, -0.05) is 18.5 Å². The molecule has 0 aliphatic heterocycles. The molecule has 2 heterocycles. The molecule has 20 heavy (non-hydrogen) atoms. The fourth-order valence-corrected chi connectivity index (χ4v) is 3.41. The average Bonchev–Trinajstić information content (AvgIpc) is 3.02. The lowest BCUT2D eigenvalue weighted by atomic mass is 10.1. The van der Waals surface area contributed by atoms with Crippen molar-refractivity contribution in [3.63, 3.8) is 0 Å². The Morgan fingerprint density at radius 1 is 1.45 bits per heavy atom. The van der Waals surface area contributed by atoms with Crippen LogP contribution in [0.15, 0.2) is 21.9 Å². The number of hydrogen-bond donors (Lipinski definition) is 1. The Balaban J connectivity index is 2.28. The summed E-state index contributed by atoms with van der Waals surface area (Å²) in [6.07, 6.45) is 1.06. The van der Waals surface area contributed by atoms with Gasteiger partial charge in [0, 0.05) is 12.0 Å². The van der Waals surface area contributed by atoms with E-state index >= 15 is 0 Å². The predicted molar refractivity (Wildman–Crippen MR) is 83.6 cm³/mol. The molecular formula is C15H20ClNO2S. The van der Waals surface area contributed by atoms with Crippen LogP contribution >= 0.6 is 22.9 Å². The van der Waals surface area contributed by atoms with E-state index in [1.54, 1.807) is 18.4 Å². The van der Waals surface area contributed by atoms with Crippen molar-refractivity contribution in [3.05, 3.63) is 44.5 Å². The lowest BCUT2D eigenvalue weighted by molar-refractivity contribution is 0.162. The van der Waals surface area contributed by atoms with Crippen LogP contribution in [-0.4, -0.2) is 13.7 Å². The zero-order chi connectivity index (χ0) is 14.5. The van der Waals surface area contributed by atoms with Crippen LogP contribution in [0.1, 0.15) is 41.3 Å². The number of methoxy groups -OCH3 is 1. The molecule has 0 aliphatic carbocycles. The monoisotopic (exact) mass is 313 g/mol. The largest absolute Gasteiger partial charge is 0.462 e. The van der Waals surface area contributed by atoms with Crippen molar-refractivity contribution in [1.82, 2.24) is 5.32 Å². The van der Waals surface area contributed by atoms with Gasteiger partial charge in [-0.15, -0.1) is 11.3 Å². The van der Waals surface area contributed by atoms with Crippen LogP contribution in [0.5, 0.6) is 0 Å². The van der Waals surface area contributed by atoms with Crippen molar-refractivity contribution in [3.8, 4) is 0 Å². The maximum atomic E-state index is 6.40. The molecule has 1 N–H and O–H groups in total. The number of hydrogen-bond acceptors (Lipinski definition) is 4. The number of rotatable bonds is 7. The lowest BCUT2D eigenvalue weighted by Crippen LogP contribution is -2.22. The standard InChI is InChI=1S/C15H20ClNO2S/c1-4-7-17-14(15-13(16)10(2)9-20-15)12-6-5-11(19-12)8-18-3/h5-6,9,14,17H,4,7-8H2,1-3H3. The zero-order valence-electron chi connectivity index (χ0n) is 12.0. The van der Waals surface area contributed by atoms with Crippen molar-refractivity contribution in [1.29, 1.82) is 0 Å². The number of furan rings is 1. The van der Waals surface area contributed by atoms with Gasteiger partial charge in [0.2, 0.25) is 0 Å². The Bertz CT molecular complexity index is 550. The molecule has 0 saturated carbocycles. The first-order valence-electron chi connectivity index (χ1n) is 6.71. The second-order valence-electron chi connectivity index (χ2n) is 4.72. The van der Waals surface area contributed by atoms with E-state index in [0.717, 1.165) is 39.9 Å². The molecule has 3 nitrogen and oxygen atoms in total. The number of thiophene rings is 1. The minimum atomic E-state index is 0.00626. The highest BCUT2D eigenvalue weighted by atomic mass is 35.5. The quantitative estimate of drug-likeness (QED) is 0.815. The summed E-state index contributed by atoms with van der Waals surface area (Å²) in [5.74, 6) is 1.71. The van der Waals surface area contributed by atoms with E-state index in [4.69, 9.17) is 20.8 Å². The molecule has 2 aromatic rings. The van der Waals surface area contributed by atoms with Gasteiger partial charge < -0.3 is 14.5 Å². The maximum Gasteiger partial charge on any atom is 0.129 e. The molecule has 0 aromatic carbocycles. The molecule has 110 valence electrons. The van der Waals surface area contributed by atoms with Gasteiger partial charge in [-0.05, 0) is 43.0 Å². The Morgan fingerprint density at radius 3 is 2.85 bits per heavy atom. The third-order valence-corrected chi connectivity index (χ3v) is 4.82. The number of nitrogens with one attached hydrogen (secondary N) is 1. The second-order valence-corrected chi connectivity index (χ2v) is 6.01. The first kappa shape index (κ1) is 15.6. The summed E-state index contributed by atoms with van der Waals surface area (Å²) >= 11 is 8.07. The van der Waals surface area contributed by atoms with Crippen molar-refractivity contribution >= 4 is 22.9 Å². The van der Waals surface area contributed by atoms with Gasteiger partial charge in [-0.3, -0.25) is 0 Å². The van der Waals surface area contributed by atoms with E-state index in [-0.39, 0.29) is 6.04 Å². The maximum absolute atomic E-state index is 6.40. The first-order valence-corrected chi connectivity index (χ1v) is 7.97. The molecule has 1 atom stereocenters. The Morgan fingerprint density at radius 2 is 2.25 bits per heavy atom. The Hall–Kier alpha value is -0.810. The SMILES string of the molecule is CCCNC(c1ccc(COC)o1)c1scc(C)c1Cl. The minimum Gasteiger partial charge on any atom is -0.462 e. The number of aryl methyl sites for hydroxylation is 1. The van der Waals surface area contributed by atoms with E-state index in [1.807, 2.05) is 19.1 Å². The van der Waals surface area contributed by atoms with Gasteiger partial charge in [0.1, 0.15) is 24.2 Å². The van der Waals surface area contributed by atoms with Crippen LogP contribution in [0.3, 0.4) is 0 Å². The van der Waals surface area contributed by atoms with Crippen molar-refractivity contribution in [2.24, 2.45) is 0 Å². The Labute approximate surface area is 128 Å². The molecule has 0 radical (unpaired) electrons. The summed E-state index contributed by atoms with van der Waals surface area (Å²) in [5.41, 5.74) is 1.11. The average molecular weight is 314 g/mol. The lowest BCUT2D eigenvalue weighted by Gasteiger charge is -2.15. The van der Waals surface area contributed by atoms with Gasteiger partial charge >= 0.3 is 0 Å². The van der Waals surface area contributed by atoms with Crippen LogP contribution in [0, 0.1) is 6.92 Å². The number of ether oxygens (including phenoxy) is 1. The molecule has 0 amide bonds. The summed E-state index contributed by atoms with van der Waals surface area (Å²) in [7, 11) is 1.66. The van der Waals surface area contributed by atoms with Crippen LogP contribution < -0.4 is 5.32 Å². The third-order valence-electron chi connectivity index (χ3n) is 3.04. The molecule has 1 unspecified atom stereocenters. The number of halogens is 1. The topological polar surface area (TPSA) is 34.4 Å². The molecule has 2 rings (SSSR count). The van der Waals surface area contributed by atoms with Gasteiger partial charge in [0.15, 0.2) is 0 Å². The van der Waals surface area contributed by atoms with Crippen LogP contribution in [-0.2, 0) is 11.3 Å². The van der Waals surface area contributed by atoms with Crippen LogP contribution in [0.4, 0.5) is 0 Å². The predicted octanol–water partition coefficient (Wildman–Crippen LogP) is 4.54. The molecule has 0 spiro atoms. The van der Waals surface area contributed by atoms with E-state index in [0.29, 0.717) is 6.61 Å². The molecule has 0 saturated heterocycles. The zero-order valence-corrected chi connectivity index (χ0v) is 13.6. The summed E-state index contributed by atoms with van der Waals surface area (Å²) in [6.45, 7) is 5.57. The summed E-state index contributed by atoms with van der Waals surface area (Å²) in [4.78, 5) is 1.11. The summed E-state index contributed by atoms with van der Waals surface area (Å²) < 4.78 is 11.0. The smallest absolute Gasteiger partial charge is 0.129 e. The summed E-state index contributed by atoms with van der Waals surface area (Å²) in [5, 5.41) is 6.41. The van der Waals surface area contributed by atoms with Gasteiger partial charge in [-0.25, -0.2) is 0 Å². The molecule has 0 bridgehead atoms. The van der Waals surface area contributed by atoms with E-state index in [9.17, 15) is 0 Å². The van der Waals surface area contributed by atoms with Gasteiger partial charge in [0.05, 0.1) is 5.02 Å². The van der Waals surface area contributed by atoms with Crippen molar-refractivity contribution < 1.29 is 9.15 Å². The van der Waals surface area contributed by atoms with Crippen molar-refractivity contribution in [2.45, 2.75) is 32.9 Å². The highest BCUT2D eigenvalue weighted by Gasteiger charge is 2.22. The minimum absolute atomic E-state index is 0.00626. The highest BCUT2D eigenvalue weighted by molar-refractivity contribution is 7.10. The van der Waals surface area contributed by atoms with E-state index in [2.05, 4.69) is 17.6 Å². The normalized spacial score (nSPS) is 12.8. The Kier molecular flexibility index (Phi) is 5.66.